The summed E-state index contributed by atoms with van der Waals surface area (Å²) >= 11 is 0. The van der Waals surface area contributed by atoms with Crippen molar-refractivity contribution in [1.29, 1.82) is 0 Å². The summed E-state index contributed by atoms with van der Waals surface area (Å²) in [6.45, 7) is 3.90. The first kappa shape index (κ1) is 23.5. The summed E-state index contributed by atoms with van der Waals surface area (Å²) in [7, 11) is 0. The lowest BCUT2D eigenvalue weighted by Gasteiger charge is -2.11. The van der Waals surface area contributed by atoms with Gasteiger partial charge in [-0.2, -0.15) is 5.10 Å². The first-order valence-corrected chi connectivity index (χ1v) is 12.4. The fourth-order valence-electron chi connectivity index (χ4n) is 4.74. The van der Waals surface area contributed by atoms with E-state index >= 15 is 0 Å². The van der Waals surface area contributed by atoms with Crippen molar-refractivity contribution in [2.24, 2.45) is 0 Å². The minimum absolute atomic E-state index is 0.0821. The maximum absolute atomic E-state index is 13.7. The van der Waals surface area contributed by atoms with Gasteiger partial charge in [0.1, 0.15) is 11.6 Å². The Morgan fingerprint density at radius 3 is 2.55 bits per heavy atom. The zero-order valence-corrected chi connectivity index (χ0v) is 21.0. The molecule has 2 N–H and O–H groups in total. The number of imidazole rings is 1. The van der Waals surface area contributed by atoms with E-state index in [0.717, 1.165) is 45.1 Å². The molecule has 0 saturated carbocycles. The average molecular weight is 505 g/mol. The summed E-state index contributed by atoms with van der Waals surface area (Å²) < 4.78 is 15.5. The van der Waals surface area contributed by atoms with Crippen LogP contribution in [0.1, 0.15) is 23.4 Å². The molecule has 1 amide bonds. The molecule has 188 valence electrons. The van der Waals surface area contributed by atoms with E-state index in [1.54, 1.807) is 10.6 Å². The van der Waals surface area contributed by atoms with Crippen LogP contribution < -0.4 is 5.32 Å². The molecular weight excluding hydrogens is 479 g/mol. The lowest BCUT2D eigenvalue weighted by Crippen LogP contribution is -2.14. The molecule has 0 bridgehead atoms. The van der Waals surface area contributed by atoms with Crippen molar-refractivity contribution >= 4 is 28.3 Å². The lowest BCUT2D eigenvalue weighted by atomic mass is 10.1. The van der Waals surface area contributed by atoms with Crippen molar-refractivity contribution in [3.63, 3.8) is 0 Å². The van der Waals surface area contributed by atoms with Gasteiger partial charge in [-0.1, -0.05) is 24.3 Å². The second-order valence-electron chi connectivity index (χ2n) is 9.30. The molecule has 0 fully saturated rings. The third kappa shape index (κ3) is 4.52. The van der Waals surface area contributed by atoms with Gasteiger partial charge in [-0.25, -0.2) is 18.9 Å². The quantitative estimate of drug-likeness (QED) is 0.280. The number of nitrogens with one attached hydrogen (secondary N) is 2. The largest absolute Gasteiger partial charge is 0.338 e. The van der Waals surface area contributed by atoms with Crippen molar-refractivity contribution in [3.05, 3.63) is 102 Å². The third-order valence-corrected chi connectivity index (χ3v) is 6.72. The molecule has 0 saturated heterocycles. The minimum atomic E-state index is -0.309. The van der Waals surface area contributed by atoms with Crippen LogP contribution in [0.25, 0.3) is 39.3 Å². The molecule has 0 aliphatic carbocycles. The second-order valence-corrected chi connectivity index (χ2v) is 9.30. The highest BCUT2D eigenvalue weighted by atomic mass is 19.1. The Bertz CT molecular complexity index is 1770. The number of aryl methyl sites for hydroxylation is 2. The first-order chi connectivity index (χ1) is 18.4. The summed E-state index contributed by atoms with van der Waals surface area (Å²) in [4.78, 5) is 25.4. The van der Waals surface area contributed by atoms with Gasteiger partial charge in [0.25, 0.3) is 0 Å². The van der Waals surface area contributed by atoms with Crippen LogP contribution in [0.15, 0.2) is 78.9 Å². The number of hydrogen-bond donors (Lipinski definition) is 2. The van der Waals surface area contributed by atoms with E-state index in [0.29, 0.717) is 29.7 Å². The number of H-pyrrole nitrogens is 1. The van der Waals surface area contributed by atoms with Crippen LogP contribution in [0.2, 0.25) is 0 Å². The molecule has 0 atom stereocenters. The number of carbonyl (C=O) groups excluding carboxylic acids is 1. The molecule has 0 radical (unpaired) electrons. The minimum Gasteiger partial charge on any atom is -0.338 e. The Hall–Kier alpha value is -4.85. The number of amides is 1. The maximum atomic E-state index is 13.7. The fraction of sp³-hybridized carbons (Fsp3) is 0.133. The van der Waals surface area contributed by atoms with Crippen molar-refractivity contribution in [3.8, 4) is 22.6 Å². The molecule has 0 unspecified atom stereocenters. The van der Waals surface area contributed by atoms with Crippen LogP contribution in [0.5, 0.6) is 0 Å². The highest BCUT2D eigenvalue weighted by Crippen LogP contribution is 2.24. The predicted molar refractivity (Wildman–Crippen MR) is 146 cm³/mol. The second kappa shape index (κ2) is 9.55. The summed E-state index contributed by atoms with van der Waals surface area (Å²) in [6.07, 6.45) is 0.830. The Balaban J connectivity index is 1.14. The van der Waals surface area contributed by atoms with Gasteiger partial charge in [0.2, 0.25) is 5.91 Å². The summed E-state index contributed by atoms with van der Waals surface area (Å²) in [5.41, 5.74) is 8.35. The molecule has 6 aromatic rings. The summed E-state index contributed by atoms with van der Waals surface area (Å²) in [6, 6.07) is 23.7. The highest BCUT2D eigenvalue weighted by molar-refractivity contribution is 5.91. The van der Waals surface area contributed by atoms with Crippen molar-refractivity contribution < 1.29 is 9.18 Å². The standard InChI is InChI=1S/C30H25FN6O/c1-18-24(19(2)37-28(32-18)17-27(36-37)21-6-5-7-22(31)16-21)14-15-29(38)33-23-12-10-20(11-13-23)30-34-25-8-3-4-9-26(25)35-30/h3-13,16-17H,14-15H2,1-2H3,(H,33,38)(H,34,35). The Labute approximate surface area is 218 Å². The molecule has 0 aliphatic heterocycles. The zero-order valence-electron chi connectivity index (χ0n) is 21.0. The van der Waals surface area contributed by atoms with E-state index in [9.17, 15) is 9.18 Å². The molecule has 3 aromatic carbocycles. The normalized spacial score (nSPS) is 11.3. The van der Waals surface area contributed by atoms with Crippen LogP contribution in [0.4, 0.5) is 10.1 Å². The molecule has 3 heterocycles. The first-order valence-electron chi connectivity index (χ1n) is 12.4. The lowest BCUT2D eigenvalue weighted by molar-refractivity contribution is -0.116. The number of halogens is 1. The molecular formula is C30H25FN6O. The summed E-state index contributed by atoms with van der Waals surface area (Å²) in [5.74, 6) is 0.398. The molecule has 38 heavy (non-hydrogen) atoms. The van der Waals surface area contributed by atoms with E-state index in [-0.39, 0.29) is 11.7 Å². The number of hydrogen-bond acceptors (Lipinski definition) is 4. The van der Waals surface area contributed by atoms with Crippen LogP contribution in [-0.2, 0) is 11.2 Å². The average Bonchev–Trinajstić information content (AvgIpc) is 3.54. The number of benzene rings is 3. The van der Waals surface area contributed by atoms with Crippen LogP contribution in [0.3, 0.4) is 0 Å². The molecule has 3 aromatic heterocycles. The summed E-state index contributed by atoms with van der Waals surface area (Å²) in [5, 5.41) is 7.62. The van der Waals surface area contributed by atoms with Gasteiger partial charge >= 0.3 is 0 Å². The maximum Gasteiger partial charge on any atom is 0.224 e. The number of carbonyl (C=O) groups is 1. The van der Waals surface area contributed by atoms with Crippen LogP contribution >= 0.6 is 0 Å². The smallest absolute Gasteiger partial charge is 0.224 e. The Morgan fingerprint density at radius 1 is 0.947 bits per heavy atom. The SMILES string of the molecule is Cc1nc2cc(-c3cccc(F)c3)nn2c(C)c1CCC(=O)Nc1ccc(-c2nc3ccccc3[nH]2)cc1. The molecule has 0 aliphatic rings. The van der Waals surface area contributed by atoms with Gasteiger partial charge in [0.05, 0.1) is 16.7 Å². The van der Waals surface area contributed by atoms with Gasteiger partial charge in [0, 0.05) is 40.7 Å². The fourth-order valence-corrected chi connectivity index (χ4v) is 4.74. The topological polar surface area (TPSA) is 88.0 Å². The number of fused-ring (bicyclic) bond motifs is 2. The van der Waals surface area contributed by atoms with Gasteiger partial charge < -0.3 is 10.3 Å². The molecule has 0 spiro atoms. The molecule has 8 heteroatoms. The number of rotatable bonds is 6. The number of aromatic amines is 1. The van der Waals surface area contributed by atoms with E-state index in [4.69, 9.17) is 0 Å². The Kier molecular flexibility index (Phi) is 5.92. The zero-order chi connectivity index (χ0) is 26.2. The molecule has 6 rings (SSSR count). The van der Waals surface area contributed by atoms with Crippen molar-refractivity contribution in [1.82, 2.24) is 24.6 Å². The number of nitrogens with zero attached hydrogens (tertiary/aromatic N) is 4. The van der Waals surface area contributed by atoms with Crippen molar-refractivity contribution in [2.45, 2.75) is 26.7 Å². The number of anilines is 1. The third-order valence-electron chi connectivity index (χ3n) is 6.72. The van der Waals surface area contributed by atoms with Gasteiger partial charge in [-0.05, 0) is 74.4 Å². The highest BCUT2D eigenvalue weighted by Gasteiger charge is 2.15. The van der Waals surface area contributed by atoms with E-state index < -0.39 is 0 Å². The number of aromatic nitrogens is 5. The van der Waals surface area contributed by atoms with E-state index in [1.165, 1.54) is 12.1 Å². The van der Waals surface area contributed by atoms with Gasteiger partial charge in [0.15, 0.2) is 5.65 Å². The van der Waals surface area contributed by atoms with Gasteiger partial charge in [-0.3, -0.25) is 4.79 Å². The number of para-hydroxylation sites is 2. The van der Waals surface area contributed by atoms with Crippen molar-refractivity contribution in [2.75, 3.05) is 5.32 Å². The Morgan fingerprint density at radius 2 is 1.76 bits per heavy atom. The predicted octanol–water partition coefficient (Wildman–Crippen LogP) is 6.27. The van der Waals surface area contributed by atoms with Crippen LogP contribution in [0, 0.1) is 19.7 Å². The van der Waals surface area contributed by atoms with E-state index in [2.05, 4.69) is 25.4 Å². The van der Waals surface area contributed by atoms with E-state index in [1.807, 2.05) is 74.5 Å². The van der Waals surface area contributed by atoms with Gasteiger partial charge in [-0.15, -0.1) is 0 Å². The monoisotopic (exact) mass is 504 g/mol. The van der Waals surface area contributed by atoms with Crippen LogP contribution in [-0.4, -0.2) is 30.5 Å². The molecule has 7 nitrogen and oxygen atoms in total.